The zero-order valence-electron chi connectivity index (χ0n) is 12.3. The number of nitrogens with zero attached hydrogens (tertiary/aromatic N) is 3. The van der Waals surface area contributed by atoms with Gasteiger partial charge in [0.2, 0.25) is 11.8 Å². The summed E-state index contributed by atoms with van der Waals surface area (Å²) in [4.78, 5) is 16.0. The van der Waals surface area contributed by atoms with Crippen LogP contribution in [-0.2, 0) is 11.2 Å². The Morgan fingerprint density at radius 3 is 3.00 bits per heavy atom. The molecule has 0 aromatic carbocycles. The predicted molar refractivity (Wildman–Crippen MR) is 82.6 cm³/mol. The lowest BCUT2D eigenvalue weighted by atomic mass is 10.3. The van der Waals surface area contributed by atoms with Crippen molar-refractivity contribution in [2.75, 3.05) is 5.75 Å². The van der Waals surface area contributed by atoms with Crippen LogP contribution in [0.1, 0.15) is 36.9 Å². The van der Waals surface area contributed by atoms with Gasteiger partial charge in [-0.15, -0.1) is 21.5 Å². The van der Waals surface area contributed by atoms with E-state index in [0.717, 1.165) is 17.1 Å². The first-order chi connectivity index (χ1) is 10.1. The molecule has 1 unspecified atom stereocenters. The van der Waals surface area contributed by atoms with Crippen LogP contribution in [0.4, 0.5) is 0 Å². The number of thioether (sulfide) groups is 1. The summed E-state index contributed by atoms with van der Waals surface area (Å²) < 4.78 is 5.50. The molecule has 114 valence electrons. The molecule has 0 aliphatic rings. The zero-order valence-corrected chi connectivity index (χ0v) is 13.9. The van der Waals surface area contributed by atoms with Crippen LogP contribution in [0.15, 0.2) is 15.0 Å². The summed E-state index contributed by atoms with van der Waals surface area (Å²) in [5, 5.41) is 14.2. The van der Waals surface area contributed by atoms with E-state index >= 15 is 0 Å². The first-order valence-corrected chi connectivity index (χ1v) is 8.59. The van der Waals surface area contributed by atoms with Crippen LogP contribution in [0, 0.1) is 6.92 Å². The fraction of sp³-hybridized carbons (Fsp3) is 0.538. The minimum absolute atomic E-state index is 0.0239. The van der Waals surface area contributed by atoms with Crippen molar-refractivity contribution in [1.29, 1.82) is 0 Å². The summed E-state index contributed by atoms with van der Waals surface area (Å²) in [6, 6.07) is 0.184. The number of carbonyl (C=O) groups is 1. The molecule has 2 heterocycles. The van der Waals surface area contributed by atoms with Crippen LogP contribution in [-0.4, -0.2) is 32.9 Å². The highest BCUT2D eigenvalue weighted by Gasteiger charge is 2.12. The Balaban J connectivity index is 1.81. The van der Waals surface area contributed by atoms with Crippen molar-refractivity contribution in [3.63, 3.8) is 0 Å². The molecule has 1 N–H and O–H groups in total. The second kappa shape index (κ2) is 7.56. The molecular weight excluding hydrogens is 308 g/mol. The van der Waals surface area contributed by atoms with E-state index < -0.39 is 0 Å². The van der Waals surface area contributed by atoms with Gasteiger partial charge in [-0.3, -0.25) is 4.79 Å². The van der Waals surface area contributed by atoms with Gasteiger partial charge in [0.25, 0.3) is 5.22 Å². The summed E-state index contributed by atoms with van der Waals surface area (Å²) in [7, 11) is 0. The average molecular weight is 326 g/mol. The summed E-state index contributed by atoms with van der Waals surface area (Å²) in [5.74, 6) is 0.774. The van der Waals surface area contributed by atoms with E-state index in [2.05, 4.69) is 20.5 Å². The molecule has 0 aliphatic heterocycles. The Kier molecular flexibility index (Phi) is 5.75. The molecule has 0 bridgehead atoms. The van der Waals surface area contributed by atoms with Crippen LogP contribution in [0.2, 0.25) is 0 Å². The fourth-order valence-electron chi connectivity index (χ4n) is 1.56. The summed E-state index contributed by atoms with van der Waals surface area (Å²) in [5.41, 5.74) is 0.923. The molecule has 0 spiro atoms. The lowest BCUT2D eigenvalue weighted by Gasteiger charge is -2.09. The first-order valence-electron chi connectivity index (χ1n) is 6.72. The smallest absolute Gasteiger partial charge is 0.277 e. The van der Waals surface area contributed by atoms with Crippen LogP contribution < -0.4 is 5.32 Å². The molecule has 0 fully saturated rings. The SMILES string of the molecule is CCC(C)NC(=O)CSc1nnc(Cc2csc(C)n2)o1. The summed E-state index contributed by atoms with van der Waals surface area (Å²) in [6.45, 7) is 5.96. The number of aryl methyl sites for hydroxylation is 1. The largest absolute Gasteiger partial charge is 0.416 e. The Morgan fingerprint density at radius 2 is 2.33 bits per heavy atom. The number of carbonyl (C=O) groups excluding carboxylic acids is 1. The molecule has 8 heteroatoms. The van der Waals surface area contributed by atoms with Crippen molar-refractivity contribution in [1.82, 2.24) is 20.5 Å². The van der Waals surface area contributed by atoms with Gasteiger partial charge in [-0.2, -0.15) is 0 Å². The van der Waals surface area contributed by atoms with Crippen LogP contribution in [0.3, 0.4) is 0 Å². The minimum atomic E-state index is -0.0239. The van der Waals surface area contributed by atoms with Gasteiger partial charge >= 0.3 is 0 Å². The Bertz CT molecular complexity index is 597. The van der Waals surface area contributed by atoms with Gasteiger partial charge in [0, 0.05) is 11.4 Å². The molecule has 0 saturated heterocycles. The summed E-state index contributed by atoms with van der Waals surface area (Å²) >= 11 is 2.84. The van der Waals surface area contributed by atoms with Crippen molar-refractivity contribution in [2.24, 2.45) is 0 Å². The molecule has 21 heavy (non-hydrogen) atoms. The topological polar surface area (TPSA) is 80.9 Å². The maximum atomic E-state index is 11.7. The lowest BCUT2D eigenvalue weighted by Crippen LogP contribution is -2.33. The Labute approximate surface area is 131 Å². The van der Waals surface area contributed by atoms with Gasteiger partial charge in [0.1, 0.15) is 0 Å². The number of rotatable bonds is 7. The number of amides is 1. The standard InChI is InChI=1S/C13H18N4O2S2/c1-4-8(2)14-11(18)7-21-13-17-16-12(19-13)5-10-6-20-9(3)15-10/h6,8H,4-5,7H2,1-3H3,(H,14,18). The highest BCUT2D eigenvalue weighted by Crippen LogP contribution is 2.18. The normalized spacial score (nSPS) is 12.3. The van der Waals surface area contributed by atoms with Crippen molar-refractivity contribution in [3.8, 4) is 0 Å². The van der Waals surface area contributed by atoms with Crippen molar-refractivity contribution in [3.05, 3.63) is 22.0 Å². The van der Waals surface area contributed by atoms with Crippen LogP contribution in [0.5, 0.6) is 0 Å². The monoisotopic (exact) mass is 326 g/mol. The lowest BCUT2D eigenvalue weighted by molar-refractivity contribution is -0.119. The first kappa shape index (κ1) is 16.0. The molecule has 1 atom stereocenters. The van der Waals surface area contributed by atoms with E-state index in [0.29, 0.717) is 17.5 Å². The number of aromatic nitrogens is 3. The molecule has 6 nitrogen and oxygen atoms in total. The van der Waals surface area contributed by atoms with Crippen LogP contribution >= 0.6 is 23.1 Å². The second-order valence-corrected chi connectivity index (χ2v) is 6.65. The minimum Gasteiger partial charge on any atom is -0.416 e. The predicted octanol–water partition coefficient (Wildman–Crippen LogP) is 2.43. The van der Waals surface area contributed by atoms with Crippen molar-refractivity contribution in [2.45, 2.75) is 44.9 Å². The Morgan fingerprint density at radius 1 is 1.52 bits per heavy atom. The number of nitrogens with one attached hydrogen (secondary N) is 1. The molecule has 2 aromatic rings. The maximum absolute atomic E-state index is 11.7. The third-order valence-corrected chi connectivity index (χ3v) is 4.43. The molecule has 0 aliphatic carbocycles. The third-order valence-electron chi connectivity index (χ3n) is 2.79. The Hall–Kier alpha value is -1.41. The fourth-order valence-corrected chi connectivity index (χ4v) is 2.76. The van der Waals surface area contributed by atoms with Crippen LogP contribution in [0.25, 0.3) is 0 Å². The molecular formula is C13H18N4O2S2. The molecule has 2 aromatic heterocycles. The summed E-state index contributed by atoms with van der Waals surface area (Å²) in [6.07, 6.45) is 1.44. The third kappa shape index (κ3) is 5.13. The number of thiazole rings is 1. The highest BCUT2D eigenvalue weighted by atomic mass is 32.2. The highest BCUT2D eigenvalue weighted by molar-refractivity contribution is 7.99. The van der Waals surface area contributed by atoms with Crippen molar-refractivity contribution < 1.29 is 9.21 Å². The molecule has 2 rings (SSSR count). The van der Waals surface area contributed by atoms with E-state index in [1.807, 2.05) is 26.2 Å². The molecule has 0 radical (unpaired) electrons. The van der Waals surface area contributed by atoms with Gasteiger partial charge in [-0.05, 0) is 20.3 Å². The number of hydrogen-bond acceptors (Lipinski definition) is 7. The van der Waals surface area contributed by atoms with E-state index in [9.17, 15) is 4.79 Å². The van der Waals surface area contributed by atoms with E-state index in [1.165, 1.54) is 11.8 Å². The van der Waals surface area contributed by atoms with Gasteiger partial charge in [-0.1, -0.05) is 18.7 Å². The van der Waals surface area contributed by atoms with Gasteiger partial charge < -0.3 is 9.73 Å². The van der Waals surface area contributed by atoms with Crippen molar-refractivity contribution >= 4 is 29.0 Å². The van der Waals surface area contributed by atoms with E-state index in [1.54, 1.807) is 11.3 Å². The van der Waals surface area contributed by atoms with E-state index in [-0.39, 0.29) is 17.7 Å². The maximum Gasteiger partial charge on any atom is 0.277 e. The van der Waals surface area contributed by atoms with E-state index in [4.69, 9.17) is 4.42 Å². The molecule has 0 saturated carbocycles. The van der Waals surface area contributed by atoms with Gasteiger partial charge in [0.15, 0.2) is 0 Å². The second-order valence-electron chi connectivity index (χ2n) is 4.66. The van der Waals surface area contributed by atoms with Gasteiger partial charge in [-0.25, -0.2) is 4.98 Å². The molecule has 1 amide bonds. The average Bonchev–Trinajstić information content (AvgIpc) is 3.06. The quantitative estimate of drug-likeness (QED) is 0.787. The van der Waals surface area contributed by atoms with Gasteiger partial charge in [0.05, 0.1) is 22.9 Å². The zero-order chi connectivity index (χ0) is 15.2. The number of hydrogen-bond donors (Lipinski definition) is 1.